The zero-order valence-electron chi connectivity index (χ0n) is 23.1. The van der Waals surface area contributed by atoms with Crippen LogP contribution >= 0.6 is 0 Å². The highest BCUT2D eigenvalue weighted by Crippen LogP contribution is 2.56. The Hall–Kier alpha value is -4.40. The Bertz CT molecular complexity index is 1510. The van der Waals surface area contributed by atoms with Gasteiger partial charge in [0.05, 0.1) is 11.9 Å². The molecular weight excluding hydrogens is 504 g/mol. The minimum Gasteiger partial charge on any atom is -0.488 e. The van der Waals surface area contributed by atoms with E-state index in [1.807, 2.05) is 93.8 Å². The average molecular weight is 539 g/mol. The molecule has 1 spiro atoms. The summed E-state index contributed by atoms with van der Waals surface area (Å²) in [6.45, 7) is 7.64. The molecule has 2 aromatic carbocycles. The topological polar surface area (TPSA) is 108 Å². The summed E-state index contributed by atoms with van der Waals surface area (Å²) in [5.74, 6) is 1.42. The van der Waals surface area contributed by atoms with Crippen molar-refractivity contribution in [2.24, 2.45) is 5.41 Å². The number of carbonyl (C=O) groups excluding carboxylic acids is 1. The summed E-state index contributed by atoms with van der Waals surface area (Å²) in [5.41, 5.74) is 10.4. The molecule has 0 radical (unpaired) electrons. The second kappa shape index (κ2) is 9.97. The van der Waals surface area contributed by atoms with Gasteiger partial charge in [-0.3, -0.25) is 0 Å². The monoisotopic (exact) mass is 538 g/mol. The molecule has 0 unspecified atom stereocenters. The first-order valence-corrected chi connectivity index (χ1v) is 13.6. The van der Waals surface area contributed by atoms with Crippen LogP contribution in [0.4, 0.5) is 10.6 Å². The van der Waals surface area contributed by atoms with Gasteiger partial charge in [0.2, 0.25) is 0 Å². The maximum absolute atomic E-state index is 12.3. The molecule has 1 saturated carbocycles. The number of benzene rings is 2. The maximum atomic E-state index is 12.3. The highest BCUT2D eigenvalue weighted by molar-refractivity contribution is 5.71. The van der Waals surface area contributed by atoms with Crippen LogP contribution in [0.3, 0.4) is 0 Å². The zero-order valence-corrected chi connectivity index (χ0v) is 23.1. The molecule has 2 aromatic heterocycles. The molecule has 6 rings (SSSR count). The summed E-state index contributed by atoms with van der Waals surface area (Å²) in [7, 11) is 0. The number of hydrogen-bond acceptors (Lipinski definition) is 7. The van der Waals surface area contributed by atoms with Gasteiger partial charge in [0.1, 0.15) is 23.6 Å². The predicted molar refractivity (Wildman–Crippen MR) is 152 cm³/mol. The van der Waals surface area contributed by atoms with Crippen LogP contribution in [-0.4, -0.2) is 49.7 Å². The van der Waals surface area contributed by atoms with Crippen molar-refractivity contribution in [3.05, 3.63) is 84.2 Å². The van der Waals surface area contributed by atoms with Gasteiger partial charge in [-0.1, -0.05) is 42.5 Å². The Labute approximate surface area is 233 Å². The molecule has 2 aliphatic rings. The molecule has 0 bridgehead atoms. The van der Waals surface area contributed by atoms with Gasteiger partial charge in [-0.05, 0) is 68.9 Å². The summed E-state index contributed by atoms with van der Waals surface area (Å²) in [5, 5.41) is 13.2. The van der Waals surface area contributed by atoms with E-state index in [1.54, 1.807) is 9.58 Å². The first kappa shape index (κ1) is 25.9. The van der Waals surface area contributed by atoms with Crippen molar-refractivity contribution in [2.45, 2.75) is 51.7 Å². The van der Waals surface area contributed by atoms with Gasteiger partial charge in [0.25, 0.3) is 0 Å². The maximum Gasteiger partial charge on any atom is 0.410 e. The van der Waals surface area contributed by atoms with E-state index in [9.17, 15) is 4.79 Å². The highest BCUT2D eigenvalue weighted by Gasteiger charge is 2.54. The van der Waals surface area contributed by atoms with Crippen molar-refractivity contribution >= 4 is 11.9 Å². The van der Waals surface area contributed by atoms with Gasteiger partial charge >= 0.3 is 6.09 Å². The Morgan fingerprint density at radius 2 is 1.77 bits per heavy atom. The van der Waals surface area contributed by atoms with Crippen LogP contribution < -0.4 is 10.5 Å². The number of nitrogens with zero attached hydrogens (tertiary/aromatic N) is 5. The molecule has 1 saturated heterocycles. The van der Waals surface area contributed by atoms with Crippen molar-refractivity contribution in [2.75, 3.05) is 18.8 Å². The first-order valence-electron chi connectivity index (χ1n) is 13.6. The van der Waals surface area contributed by atoms with E-state index in [0.29, 0.717) is 29.7 Å². The summed E-state index contributed by atoms with van der Waals surface area (Å²) in [6.07, 6.45) is 5.76. The van der Waals surface area contributed by atoms with Gasteiger partial charge in [-0.25, -0.2) is 9.48 Å². The standard InChI is InChI=1S/C31H34N6O3/c1-30(2,3)40-29(38)36-19-31(20-36)14-22(15-31)23-16-33-37(17-23)26-13-25(34-35-28(26)32)24-11-7-8-12-27(24)39-18-21-9-5-4-6-10-21/h4-13,16-17,22H,14-15,18-20H2,1-3H3,(H2,32,35). The van der Waals surface area contributed by atoms with Crippen molar-refractivity contribution in [1.82, 2.24) is 24.9 Å². The number of likely N-dealkylation sites (tertiary alicyclic amines) is 1. The Kier molecular flexibility index (Phi) is 6.44. The Morgan fingerprint density at radius 1 is 1.05 bits per heavy atom. The molecular formula is C31H34N6O3. The molecule has 2 N–H and O–H groups in total. The fourth-order valence-corrected chi connectivity index (χ4v) is 5.62. The largest absolute Gasteiger partial charge is 0.488 e. The van der Waals surface area contributed by atoms with E-state index in [2.05, 4.69) is 15.3 Å². The number of carbonyl (C=O) groups is 1. The smallest absolute Gasteiger partial charge is 0.410 e. The number of nitrogens with two attached hydrogens (primary N) is 1. The summed E-state index contributed by atoms with van der Waals surface area (Å²) in [4.78, 5) is 14.1. The first-order chi connectivity index (χ1) is 19.2. The fourth-order valence-electron chi connectivity index (χ4n) is 5.62. The molecule has 3 heterocycles. The highest BCUT2D eigenvalue weighted by atomic mass is 16.6. The quantitative estimate of drug-likeness (QED) is 0.340. The zero-order chi connectivity index (χ0) is 27.9. The van der Waals surface area contributed by atoms with Crippen LogP contribution in [0.2, 0.25) is 0 Å². The molecule has 206 valence electrons. The van der Waals surface area contributed by atoms with Gasteiger partial charge in [0, 0.05) is 30.3 Å². The number of ether oxygens (including phenoxy) is 2. The van der Waals surface area contributed by atoms with Crippen LogP contribution in [0.5, 0.6) is 5.75 Å². The van der Waals surface area contributed by atoms with E-state index in [0.717, 1.165) is 48.4 Å². The molecule has 2 fully saturated rings. The number of para-hydroxylation sites is 1. The summed E-state index contributed by atoms with van der Waals surface area (Å²) < 4.78 is 13.4. The minimum atomic E-state index is -0.475. The lowest BCUT2D eigenvalue weighted by molar-refractivity contribution is -0.0786. The van der Waals surface area contributed by atoms with E-state index < -0.39 is 5.60 Å². The van der Waals surface area contributed by atoms with Crippen molar-refractivity contribution in [3.63, 3.8) is 0 Å². The van der Waals surface area contributed by atoms with Crippen molar-refractivity contribution in [3.8, 4) is 22.7 Å². The van der Waals surface area contributed by atoms with Gasteiger partial charge in [0.15, 0.2) is 5.82 Å². The summed E-state index contributed by atoms with van der Waals surface area (Å²) in [6, 6.07) is 19.7. The second-order valence-electron chi connectivity index (χ2n) is 11.9. The van der Waals surface area contributed by atoms with Gasteiger partial charge in [-0.15, -0.1) is 10.2 Å². The predicted octanol–water partition coefficient (Wildman–Crippen LogP) is 5.61. The number of nitrogen functional groups attached to an aromatic ring is 1. The minimum absolute atomic E-state index is 0.192. The van der Waals surface area contributed by atoms with Crippen LogP contribution in [0, 0.1) is 5.41 Å². The third-order valence-corrected chi connectivity index (χ3v) is 7.59. The molecule has 1 aliphatic carbocycles. The molecule has 0 atom stereocenters. The molecule has 9 heteroatoms. The average Bonchev–Trinajstić information content (AvgIpc) is 3.35. The number of rotatable bonds is 6. The van der Waals surface area contributed by atoms with Crippen LogP contribution in [0.1, 0.15) is 50.7 Å². The molecule has 1 amide bonds. The Balaban J connectivity index is 1.13. The molecule has 40 heavy (non-hydrogen) atoms. The van der Waals surface area contributed by atoms with Gasteiger partial charge in [-0.2, -0.15) is 5.10 Å². The molecule has 9 nitrogen and oxygen atoms in total. The van der Waals surface area contributed by atoms with Crippen LogP contribution in [0.25, 0.3) is 16.9 Å². The fraction of sp³-hybridized carbons (Fsp3) is 0.355. The molecule has 1 aliphatic heterocycles. The molecule has 4 aromatic rings. The van der Waals surface area contributed by atoms with Crippen molar-refractivity contribution in [1.29, 1.82) is 0 Å². The van der Waals surface area contributed by atoms with E-state index in [-0.39, 0.29) is 11.5 Å². The van der Waals surface area contributed by atoms with E-state index in [4.69, 9.17) is 15.2 Å². The lowest BCUT2D eigenvalue weighted by Crippen LogP contribution is -2.63. The summed E-state index contributed by atoms with van der Waals surface area (Å²) >= 11 is 0. The van der Waals surface area contributed by atoms with Crippen molar-refractivity contribution < 1.29 is 14.3 Å². The number of hydrogen-bond donors (Lipinski definition) is 1. The normalized spacial score (nSPS) is 16.3. The van der Waals surface area contributed by atoms with E-state index in [1.165, 1.54) is 0 Å². The number of aromatic nitrogens is 4. The van der Waals surface area contributed by atoms with E-state index >= 15 is 0 Å². The SMILES string of the molecule is CC(C)(C)OC(=O)N1CC2(CC(c3cnn(-c4cc(-c5ccccc5OCc5ccccc5)nnc4N)c3)C2)C1. The second-order valence-corrected chi connectivity index (χ2v) is 11.9. The lowest BCUT2D eigenvalue weighted by Gasteiger charge is -2.58. The number of anilines is 1. The lowest BCUT2D eigenvalue weighted by atomic mass is 9.56. The number of amides is 1. The van der Waals surface area contributed by atoms with Crippen LogP contribution in [0.15, 0.2) is 73.1 Å². The van der Waals surface area contributed by atoms with Crippen LogP contribution in [-0.2, 0) is 11.3 Å². The third-order valence-electron chi connectivity index (χ3n) is 7.59. The Morgan fingerprint density at radius 3 is 2.52 bits per heavy atom. The van der Waals surface area contributed by atoms with Gasteiger partial charge < -0.3 is 20.1 Å². The third kappa shape index (κ3) is 5.23.